The first kappa shape index (κ1) is 17.3. The predicted molar refractivity (Wildman–Crippen MR) is 92.4 cm³/mol. The Kier molecular flexibility index (Phi) is 4.64. The van der Waals surface area contributed by atoms with Crippen LogP contribution in [0.5, 0.6) is 0 Å². The van der Waals surface area contributed by atoms with E-state index in [-0.39, 0.29) is 23.6 Å². The summed E-state index contributed by atoms with van der Waals surface area (Å²) >= 11 is 7.30. The minimum Gasteiger partial charge on any atom is -0.477 e. The standard InChI is InChI=1S/C17H18ClNO4S/c1-8-13-12(9(2)20)16(21)19(13)14(17(22)23)15(8)24-7-10-3-5-11(18)6-4-10/h3-6,8-9,12-13,20H,7H2,1-2H3,(H,22,23)/t8-,9-,12-,13-/m1/s1. The van der Waals surface area contributed by atoms with Crippen molar-refractivity contribution >= 4 is 35.2 Å². The van der Waals surface area contributed by atoms with Crippen LogP contribution in [-0.4, -0.2) is 39.1 Å². The van der Waals surface area contributed by atoms with E-state index in [1.807, 2.05) is 19.1 Å². The average Bonchev–Trinajstić information content (AvgIpc) is 2.76. The van der Waals surface area contributed by atoms with Crippen molar-refractivity contribution in [1.29, 1.82) is 0 Å². The molecule has 1 aromatic rings. The number of carbonyl (C=O) groups excluding carboxylic acids is 1. The van der Waals surface area contributed by atoms with Crippen molar-refractivity contribution in [2.45, 2.75) is 31.7 Å². The highest BCUT2D eigenvalue weighted by atomic mass is 35.5. The summed E-state index contributed by atoms with van der Waals surface area (Å²) in [5.74, 6) is -1.43. The van der Waals surface area contributed by atoms with Gasteiger partial charge in [-0.25, -0.2) is 4.79 Å². The molecule has 24 heavy (non-hydrogen) atoms. The lowest BCUT2D eigenvalue weighted by atomic mass is 9.79. The first-order valence-corrected chi connectivity index (χ1v) is 9.05. The highest BCUT2D eigenvalue weighted by molar-refractivity contribution is 8.02. The molecule has 0 saturated carbocycles. The van der Waals surface area contributed by atoms with Crippen LogP contribution >= 0.6 is 23.4 Å². The lowest BCUT2D eigenvalue weighted by Gasteiger charge is -2.46. The van der Waals surface area contributed by atoms with Gasteiger partial charge in [-0.3, -0.25) is 4.79 Å². The van der Waals surface area contributed by atoms with Gasteiger partial charge in [0.25, 0.3) is 0 Å². The van der Waals surface area contributed by atoms with Crippen molar-refractivity contribution < 1.29 is 19.8 Å². The highest BCUT2D eigenvalue weighted by Gasteiger charge is 2.59. The SMILES string of the molecule is C[C@@H](O)[C@H]1C(=O)N2C(C(=O)O)=C(SCc3ccc(Cl)cc3)[C@H](C)[C@H]12. The minimum absolute atomic E-state index is 0.0633. The van der Waals surface area contributed by atoms with E-state index >= 15 is 0 Å². The molecule has 2 aliphatic rings. The lowest BCUT2D eigenvalue weighted by molar-refractivity contribution is -0.163. The third-order valence-electron chi connectivity index (χ3n) is 4.62. The molecule has 4 atom stereocenters. The molecule has 2 aliphatic heterocycles. The summed E-state index contributed by atoms with van der Waals surface area (Å²) in [6, 6.07) is 7.12. The van der Waals surface area contributed by atoms with Crippen molar-refractivity contribution in [3.05, 3.63) is 45.5 Å². The van der Waals surface area contributed by atoms with Crippen molar-refractivity contribution in [2.24, 2.45) is 11.8 Å². The quantitative estimate of drug-likeness (QED) is 0.782. The zero-order chi connectivity index (χ0) is 17.6. The van der Waals surface area contributed by atoms with Gasteiger partial charge in [-0.2, -0.15) is 0 Å². The van der Waals surface area contributed by atoms with Gasteiger partial charge in [-0.1, -0.05) is 30.7 Å². The van der Waals surface area contributed by atoms with Gasteiger partial charge >= 0.3 is 5.97 Å². The molecular weight excluding hydrogens is 350 g/mol. The molecule has 0 unspecified atom stereocenters. The second kappa shape index (κ2) is 6.43. The first-order chi connectivity index (χ1) is 11.3. The maximum Gasteiger partial charge on any atom is 0.353 e. The Labute approximate surface area is 149 Å². The molecule has 1 amide bonds. The summed E-state index contributed by atoms with van der Waals surface area (Å²) in [4.78, 5) is 26.0. The Morgan fingerprint density at radius 2 is 2.00 bits per heavy atom. The summed E-state index contributed by atoms with van der Waals surface area (Å²) in [6.07, 6.45) is -0.781. The predicted octanol–water partition coefficient (Wildman–Crippen LogP) is 2.73. The fourth-order valence-electron chi connectivity index (χ4n) is 3.46. The second-order valence-electron chi connectivity index (χ2n) is 6.19. The fraction of sp³-hybridized carbons (Fsp3) is 0.412. The Morgan fingerprint density at radius 3 is 2.54 bits per heavy atom. The number of aliphatic hydroxyl groups excluding tert-OH is 1. The summed E-state index contributed by atoms with van der Waals surface area (Å²) in [5, 5.41) is 20.0. The Morgan fingerprint density at radius 1 is 1.38 bits per heavy atom. The van der Waals surface area contributed by atoms with E-state index in [0.717, 1.165) is 5.56 Å². The van der Waals surface area contributed by atoms with Crippen LogP contribution in [0.3, 0.4) is 0 Å². The zero-order valence-electron chi connectivity index (χ0n) is 13.3. The fourth-order valence-corrected chi connectivity index (χ4v) is 4.82. The van der Waals surface area contributed by atoms with E-state index in [1.165, 1.54) is 16.7 Å². The summed E-state index contributed by atoms with van der Waals surface area (Å²) in [6.45, 7) is 3.49. The highest BCUT2D eigenvalue weighted by Crippen LogP contribution is 2.50. The molecule has 0 spiro atoms. The smallest absolute Gasteiger partial charge is 0.353 e. The van der Waals surface area contributed by atoms with Crippen LogP contribution in [-0.2, 0) is 15.3 Å². The van der Waals surface area contributed by atoms with Gasteiger partial charge < -0.3 is 15.1 Å². The number of rotatable bonds is 5. The zero-order valence-corrected chi connectivity index (χ0v) is 14.8. The van der Waals surface area contributed by atoms with E-state index in [2.05, 4.69) is 0 Å². The van der Waals surface area contributed by atoms with Crippen LogP contribution in [0.1, 0.15) is 19.4 Å². The van der Waals surface area contributed by atoms with Gasteiger partial charge in [0.2, 0.25) is 5.91 Å². The number of carboxylic acids is 1. The molecule has 0 aliphatic carbocycles. The van der Waals surface area contributed by atoms with Crippen molar-refractivity contribution in [1.82, 2.24) is 4.90 Å². The molecule has 2 heterocycles. The van der Waals surface area contributed by atoms with E-state index in [9.17, 15) is 19.8 Å². The molecule has 3 rings (SSSR count). The van der Waals surface area contributed by atoms with E-state index < -0.39 is 18.0 Å². The number of aliphatic carboxylic acids is 1. The Balaban J connectivity index is 1.84. The van der Waals surface area contributed by atoms with Gasteiger partial charge in [-0.05, 0) is 24.6 Å². The number of halogens is 1. The molecule has 0 aromatic heterocycles. The maximum atomic E-state index is 12.2. The molecule has 1 saturated heterocycles. The third-order valence-corrected chi connectivity index (χ3v) is 6.22. The van der Waals surface area contributed by atoms with Crippen LogP contribution in [0, 0.1) is 11.8 Å². The number of hydrogen-bond acceptors (Lipinski definition) is 4. The number of carboxylic acid groups (broad SMARTS) is 1. The molecule has 1 fully saturated rings. The normalized spacial score (nSPS) is 27.1. The number of amides is 1. The number of thioether (sulfide) groups is 1. The van der Waals surface area contributed by atoms with Gasteiger partial charge in [0.05, 0.1) is 18.1 Å². The molecule has 7 heteroatoms. The Hall–Kier alpha value is -1.50. The van der Waals surface area contributed by atoms with Crippen LogP contribution in [0.4, 0.5) is 0 Å². The first-order valence-electron chi connectivity index (χ1n) is 7.68. The number of aliphatic hydroxyl groups is 1. The van der Waals surface area contributed by atoms with Crippen LogP contribution in [0.2, 0.25) is 5.02 Å². The number of carbonyl (C=O) groups is 2. The number of hydrogen-bond donors (Lipinski definition) is 2. The Bertz CT molecular complexity index is 716. The number of nitrogens with zero attached hydrogens (tertiary/aromatic N) is 1. The molecule has 2 N–H and O–H groups in total. The number of fused-ring (bicyclic) bond motifs is 1. The summed E-state index contributed by atoms with van der Waals surface area (Å²) < 4.78 is 0. The van der Waals surface area contributed by atoms with Gasteiger partial charge in [0.15, 0.2) is 0 Å². The topological polar surface area (TPSA) is 77.8 Å². The molecule has 0 radical (unpaired) electrons. The van der Waals surface area contributed by atoms with Crippen molar-refractivity contribution in [3.63, 3.8) is 0 Å². The van der Waals surface area contributed by atoms with Crippen LogP contribution in [0.25, 0.3) is 0 Å². The molecule has 1 aromatic carbocycles. The van der Waals surface area contributed by atoms with Crippen molar-refractivity contribution in [2.75, 3.05) is 0 Å². The van der Waals surface area contributed by atoms with Crippen LogP contribution in [0.15, 0.2) is 34.9 Å². The summed E-state index contributed by atoms with van der Waals surface area (Å²) in [5.41, 5.74) is 1.09. The van der Waals surface area contributed by atoms with Gasteiger partial charge in [0, 0.05) is 21.6 Å². The van der Waals surface area contributed by atoms with E-state index in [4.69, 9.17) is 11.6 Å². The summed E-state index contributed by atoms with van der Waals surface area (Å²) in [7, 11) is 0. The lowest BCUT2D eigenvalue weighted by Crippen LogP contribution is -2.63. The van der Waals surface area contributed by atoms with E-state index in [0.29, 0.717) is 15.7 Å². The van der Waals surface area contributed by atoms with Crippen LogP contribution < -0.4 is 0 Å². The molecule has 5 nitrogen and oxygen atoms in total. The monoisotopic (exact) mass is 367 g/mol. The minimum atomic E-state index is -1.10. The number of benzene rings is 1. The van der Waals surface area contributed by atoms with Gasteiger partial charge in [0.1, 0.15) is 5.70 Å². The average molecular weight is 368 g/mol. The maximum absolute atomic E-state index is 12.2. The largest absolute Gasteiger partial charge is 0.477 e. The molecule has 128 valence electrons. The van der Waals surface area contributed by atoms with Gasteiger partial charge in [-0.15, -0.1) is 11.8 Å². The third kappa shape index (κ3) is 2.72. The number of β-lactam (4-membered cyclic amide) rings is 1. The molecular formula is C17H18ClNO4S. The van der Waals surface area contributed by atoms with Crippen molar-refractivity contribution in [3.8, 4) is 0 Å². The molecule has 0 bridgehead atoms. The second-order valence-corrected chi connectivity index (χ2v) is 7.64. The van der Waals surface area contributed by atoms with E-state index in [1.54, 1.807) is 19.1 Å².